The molecule has 7 radical (unpaired) electrons. The predicted molar refractivity (Wildman–Crippen MR) is 618 cm³/mol. The maximum Gasteiger partial charge on any atom is 0.263 e. The van der Waals surface area contributed by atoms with Crippen LogP contribution in [-0.2, 0) is 137 Å². The first-order chi connectivity index (χ1) is 61.1. The van der Waals surface area contributed by atoms with E-state index in [4.69, 9.17) is 0 Å². The number of primary amides is 1. The van der Waals surface area contributed by atoms with Crippen LogP contribution in [0.5, 0.6) is 0 Å². The van der Waals surface area contributed by atoms with Gasteiger partial charge < -0.3 is 54.9 Å². The van der Waals surface area contributed by atoms with Crippen LogP contribution in [0.4, 0.5) is 0 Å². The summed E-state index contributed by atoms with van der Waals surface area (Å²) < 4.78 is 64.0. The van der Waals surface area contributed by atoms with Crippen molar-refractivity contribution in [3.63, 3.8) is 0 Å². The molecular formula is C98H218B6N11O21S4. The summed E-state index contributed by atoms with van der Waals surface area (Å²) in [5.74, 6) is 1.50. The van der Waals surface area contributed by atoms with E-state index in [0.29, 0.717) is 13.3 Å². The van der Waals surface area contributed by atoms with Crippen LogP contribution < -0.4 is 15.8 Å². The number of benzene rings is 2. The van der Waals surface area contributed by atoms with Crippen molar-refractivity contribution in [3.05, 3.63) is 89.6 Å². The number of hydrogen-bond donors (Lipinski definition) is 3. The number of nitrogens with two attached hydrogens (primary N) is 1. The van der Waals surface area contributed by atoms with Gasteiger partial charge in [-0.1, -0.05) is 275 Å². The number of rotatable bonds is 17. The number of nitrogens with one attached hydrogen (secondary N) is 2. The molecule has 0 aliphatic carbocycles. The molecule has 2 saturated heterocycles. The fourth-order valence-electron chi connectivity index (χ4n) is 5.28. The fourth-order valence-corrected chi connectivity index (χ4v) is 6.50. The van der Waals surface area contributed by atoms with Gasteiger partial charge in [0.25, 0.3) is 11.3 Å². The summed E-state index contributed by atoms with van der Waals surface area (Å²) in [5.41, 5.74) is 7.04. The molecule has 6 rings (SSSR count). The third-order valence-electron chi connectivity index (χ3n) is 12.0. The van der Waals surface area contributed by atoms with Crippen LogP contribution in [-0.4, -0.2) is 340 Å². The Labute approximate surface area is 881 Å². The molecule has 2 aromatic carbocycles. The number of hydrogen-bond acceptors (Lipinski definition) is 24. The van der Waals surface area contributed by atoms with Crippen molar-refractivity contribution >= 4 is 159 Å². The third kappa shape index (κ3) is 251. The van der Waals surface area contributed by atoms with Gasteiger partial charge in [-0.2, -0.15) is 0 Å². The summed E-state index contributed by atoms with van der Waals surface area (Å²) in [7, 11) is 29.6. The topological polar surface area (TPSA) is 395 Å². The van der Waals surface area contributed by atoms with E-state index in [1.807, 2.05) is 135 Å². The maximum absolute atomic E-state index is 11.0. The average Bonchev–Trinajstić information content (AvgIpc) is 1.70. The van der Waals surface area contributed by atoms with Gasteiger partial charge in [0, 0.05) is 127 Å². The molecule has 4 heterocycles. The van der Waals surface area contributed by atoms with Crippen LogP contribution >= 0.6 is 0 Å². The van der Waals surface area contributed by atoms with Gasteiger partial charge in [0.2, 0.25) is 41.4 Å². The van der Waals surface area contributed by atoms with Gasteiger partial charge in [-0.05, 0) is 102 Å². The Morgan fingerprint density at radius 1 is 0.436 bits per heavy atom. The van der Waals surface area contributed by atoms with Crippen molar-refractivity contribution in [1.29, 1.82) is 0 Å². The van der Waals surface area contributed by atoms with Gasteiger partial charge in [-0.3, -0.25) is 69.4 Å². The normalized spacial score (nSPS) is 9.94. The van der Waals surface area contributed by atoms with Gasteiger partial charge >= 0.3 is 72.9 Å². The van der Waals surface area contributed by atoms with E-state index in [2.05, 4.69) is 176 Å². The fraction of sp³-hybridized carbons (Fsp3) is 0.724. The number of ether oxygens (including phenoxy) is 1. The van der Waals surface area contributed by atoms with Crippen LogP contribution in [0, 0.1) is 0 Å². The van der Waals surface area contributed by atoms with Crippen molar-refractivity contribution in [2.24, 2.45) is 5.73 Å². The number of carbonyl (C=O) groups excluding carboxylic acids is 12. The predicted octanol–water partition coefficient (Wildman–Crippen LogP) is 16.5. The molecule has 3 aliphatic heterocycles. The van der Waals surface area contributed by atoms with Crippen LogP contribution in [0.25, 0.3) is 0 Å². The zero-order chi connectivity index (χ0) is 107. The first kappa shape index (κ1) is 206. The van der Waals surface area contributed by atoms with Crippen molar-refractivity contribution in [2.45, 2.75) is 318 Å². The number of Topliss-reactive ketones (excluding diaryl/α,β-unsaturated/α-hetero) is 4. The number of fused-ring (bicyclic) bond motifs is 1. The van der Waals surface area contributed by atoms with Crippen LogP contribution in [0.2, 0.25) is 0 Å². The molecule has 0 saturated carbocycles. The van der Waals surface area contributed by atoms with Crippen molar-refractivity contribution in [2.75, 3.05) is 169 Å². The molecule has 8 amide bonds. The molecule has 4 atom stereocenters. The molecule has 3 aliphatic rings. The molecule has 1 aromatic heterocycles. The van der Waals surface area contributed by atoms with E-state index in [1.54, 1.807) is 42.0 Å². The van der Waals surface area contributed by atoms with E-state index in [-0.39, 0.29) is 156 Å². The van der Waals surface area contributed by atoms with Crippen molar-refractivity contribution < 1.29 is 95.8 Å². The summed E-state index contributed by atoms with van der Waals surface area (Å²) in [5, 5.41) is 2.93. The molecule has 140 heavy (non-hydrogen) atoms. The Morgan fingerprint density at radius 2 is 0.657 bits per heavy atom. The average molecular weight is 2080 g/mol. The van der Waals surface area contributed by atoms with Gasteiger partial charge in [0.15, 0.2) is 39.0 Å². The molecule has 42 heteroatoms. The number of nitrogens with zero attached hydrogens (tertiary/aromatic N) is 8. The molecule has 4 unspecified atom stereocenters. The number of ketones is 4. The minimum absolute atomic E-state index is 0. The number of likely N-dealkylation sites (tertiary alicyclic amines) is 2. The summed E-state index contributed by atoms with van der Waals surface area (Å²) in [6.07, 6.45) is 10.3. The molecule has 833 valence electrons. The molecule has 32 nitrogen and oxygen atoms in total. The molecular weight excluding hydrogens is 1860 g/mol. The Bertz CT molecular complexity index is 2830. The van der Waals surface area contributed by atoms with Gasteiger partial charge in [0.05, 0.1) is 41.8 Å². The second-order valence-corrected chi connectivity index (χ2v) is 31.3. The molecule has 3 aromatic rings. The van der Waals surface area contributed by atoms with Crippen molar-refractivity contribution in [1.82, 2.24) is 49.2 Å². The smallest absolute Gasteiger partial charge is 0.263 e. The van der Waals surface area contributed by atoms with Crippen LogP contribution in [0.1, 0.15) is 316 Å². The van der Waals surface area contributed by atoms with Crippen LogP contribution in [0.3, 0.4) is 0 Å². The SMILES string of the molecule is C.C.C.C.C.C.C.C.CC.CC.CC(=O)N(C)CN(C)C(C)=O.CC(=O)N(C)CN(C)C(C)=O.CC(=O)N1CCC1.CC(=O)N1Cc2bbcbc2C1.CC(C)=O.CC(N)=O.CCC.CCC.CCC.CCC.CCC.CCN(C)C.CCNC.CN1CCC1.COCC(C)=O.COS(=O)CC(C)=O.COS(=O)CC(C)=O.COS(=O)NC(C)=O.COS(C)=O.[B].[B][B].c1ccccc1.c1ccccc1. The van der Waals surface area contributed by atoms with Gasteiger partial charge in [-0.25, -0.2) is 16.8 Å². The summed E-state index contributed by atoms with van der Waals surface area (Å²) in [4.78, 5) is 137. The monoisotopic (exact) mass is 2080 g/mol. The molecule has 2 fully saturated rings. The minimum atomic E-state index is -1.66. The van der Waals surface area contributed by atoms with Crippen molar-refractivity contribution in [3.8, 4) is 0 Å². The second-order valence-electron chi connectivity index (χ2n) is 26.7. The molecule has 4 N–H and O–H groups in total. The van der Waals surface area contributed by atoms with Gasteiger partial charge in [0.1, 0.15) is 35.5 Å². The van der Waals surface area contributed by atoms with E-state index in [0.717, 1.165) is 39.3 Å². The number of amides is 8. The van der Waals surface area contributed by atoms with E-state index < -0.39 is 44.5 Å². The molecule has 0 spiro atoms. The first-order valence-electron chi connectivity index (χ1n) is 43.6. The maximum atomic E-state index is 11.0. The summed E-state index contributed by atoms with van der Waals surface area (Å²) in [6.45, 7) is 67.9. The standard InChI is InChI=1S/C7H8B3NO.2C7H14N2O2.2C6H6.C5H9NO.C4H9N.C4H11N.2C4H8O3S.C4H8O2.C3H7NO3S.C3H9N.C3H6O.5C3H8.C2H5NO.C2H6O2S.2C2H6.8CH4.B2.B/c1-5(12)11-2-6-7(3-11)10-9-4-8-6;2*1-6(10)8(3)5-9(4)7(2)11;2*1-2-4-6-5-3-1;1-5(7)6-3-2-4-6;1-5-3-2-4-5;1-4-5(2)3;2*1-4(5)3-8(6)7-2;1-4(5)3-6-2;1-3(5)4-8(6)7-2;1-3-4-2;1-3(2)4;5*1-3-2;1-2(3)4;1-4-5(2)3;2*1-2;;;;;;;;;1-2;/h4H,2-3H2,1H3;2*5H2,1-4H3;2*1-6H;2-4H2,1H3;2-4H2,1H3;4H2,1-3H3;2*3H2,1-2H3;3H2,1-2H3;1-2H3,(H,4,5);4H,3H2,1-2H3;1-2H3;5*3H2,1-2H3;1H3,(H2,3,4);1-2H3;2*1-2H3;8*1H4;;. The summed E-state index contributed by atoms with van der Waals surface area (Å²) in [6, 6.07) is 24.0. The molecule has 0 bridgehead atoms. The second kappa shape index (κ2) is 174. The Kier molecular flexibility index (Phi) is 257. The summed E-state index contributed by atoms with van der Waals surface area (Å²) >= 11 is -5.54. The van der Waals surface area contributed by atoms with E-state index in [1.165, 1.54) is 207 Å². The van der Waals surface area contributed by atoms with Gasteiger partial charge in [-0.15, -0.1) is 0 Å². The zero-order valence-corrected chi connectivity index (χ0v) is 93.7. The third-order valence-corrected chi connectivity index (χ3v) is 15.2. The Morgan fingerprint density at radius 3 is 0.750 bits per heavy atom. The Hall–Kier alpha value is -6.84. The quantitative estimate of drug-likeness (QED) is 0.0834. The largest absolute Gasteiger partial charge is 0.377 e. The number of methoxy groups -OCH3 is 1. The zero-order valence-electron chi connectivity index (χ0n) is 90.5. The van der Waals surface area contributed by atoms with E-state index in [9.17, 15) is 74.4 Å². The van der Waals surface area contributed by atoms with Crippen LogP contribution in [0.15, 0.2) is 78.7 Å². The number of carbonyl (C=O) groups is 12. The minimum Gasteiger partial charge on any atom is -0.377 e. The van der Waals surface area contributed by atoms with E-state index >= 15 is 0 Å². The Balaban J connectivity index is -0.0000000385. The first-order valence-corrected chi connectivity index (χ1v) is 48.6.